The molecule has 0 aliphatic carbocycles. The fraction of sp³-hybridized carbons (Fsp3) is 0.188. The Morgan fingerprint density at radius 1 is 1.14 bits per heavy atom. The number of benzene rings is 2. The lowest BCUT2D eigenvalue weighted by Gasteiger charge is -2.12. The Morgan fingerprint density at radius 2 is 1.82 bits per heavy atom. The number of alkyl halides is 3. The van der Waals surface area contributed by atoms with Crippen molar-refractivity contribution in [2.24, 2.45) is 0 Å². The van der Waals surface area contributed by atoms with E-state index in [1.54, 1.807) is 25.9 Å². The van der Waals surface area contributed by atoms with Crippen LogP contribution in [-0.2, 0) is 6.18 Å². The van der Waals surface area contributed by atoms with Crippen molar-refractivity contribution in [2.45, 2.75) is 19.9 Å². The van der Waals surface area contributed by atoms with Gasteiger partial charge in [0.15, 0.2) is 5.78 Å². The van der Waals surface area contributed by atoms with E-state index in [-0.39, 0.29) is 5.56 Å². The van der Waals surface area contributed by atoms with Crippen molar-refractivity contribution < 1.29 is 18.0 Å². The Bertz CT molecular complexity index is 726. The molecule has 1 nitrogen and oxygen atoms in total. The summed E-state index contributed by atoms with van der Waals surface area (Å²) in [6.07, 6.45) is -4.50. The largest absolute Gasteiger partial charge is 0.416 e. The molecule has 22 heavy (non-hydrogen) atoms. The topological polar surface area (TPSA) is 17.1 Å². The summed E-state index contributed by atoms with van der Waals surface area (Å²) in [6, 6.07) is 8.09. The predicted octanol–water partition coefficient (Wildman–Crippen LogP) is 4.28. The highest BCUT2D eigenvalue weighted by Crippen LogP contribution is 2.30. The highest BCUT2D eigenvalue weighted by Gasteiger charge is 2.31. The zero-order valence-corrected chi connectivity index (χ0v) is 12.7. The van der Waals surface area contributed by atoms with Gasteiger partial charge in [0.1, 0.15) is 7.28 Å². The molecular formula is C16H12BClF3O. The average molecular weight is 324 g/mol. The SMILES string of the molecule is C[B]c1cc(C(=O)c2cc(Cl)ccc2C)cc(C(F)(F)F)c1. The molecule has 0 atom stereocenters. The smallest absolute Gasteiger partial charge is 0.289 e. The van der Waals surface area contributed by atoms with Crippen molar-refractivity contribution in [3.63, 3.8) is 0 Å². The lowest BCUT2D eigenvalue weighted by Crippen LogP contribution is -2.19. The minimum absolute atomic E-state index is 0.00621. The number of hydrogen-bond acceptors (Lipinski definition) is 1. The Balaban J connectivity index is 2.56. The Hall–Kier alpha value is -1.75. The third kappa shape index (κ3) is 3.53. The molecule has 0 saturated carbocycles. The van der Waals surface area contributed by atoms with Crippen molar-refractivity contribution in [3.8, 4) is 0 Å². The van der Waals surface area contributed by atoms with E-state index in [0.717, 1.165) is 12.1 Å². The van der Waals surface area contributed by atoms with Crippen LogP contribution in [0.15, 0.2) is 36.4 Å². The van der Waals surface area contributed by atoms with Gasteiger partial charge in [-0.15, -0.1) is 0 Å². The van der Waals surface area contributed by atoms with Crippen LogP contribution in [0.1, 0.15) is 27.0 Å². The Labute approximate surface area is 132 Å². The first kappa shape index (κ1) is 16.6. The summed E-state index contributed by atoms with van der Waals surface area (Å²) in [5.41, 5.74) is 0.458. The number of halogens is 4. The van der Waals surface area contributed by atoms with E-state index in [0.29, 0.717) is 21.6 Å². The van der Waals surface area contributed by atoms with Gasteiger partial charge < -0.3 is 0 Å². The van der Waals surface area contributed by atoms with Crippen LogP contribution in [-0.4, -0.2) is 13.1 Å². The molecule has 0 N–H and O–H groups in total. The molecule has 113 valence electrons. The predicted molar refractivity (Wildman–Crippen MR) is 82.3 cm³/mol. The number of rotatable bonds is 3. The molecule has 0 bridgehead atoms. The first-order chi connectivity index (χ1) is 10.2. The van der Waals surface area contributed by atoms with E-state index in [9.17, 15) is 18.0 Å². The molecule has 0 aromatic heterocycles. The van der Waals surface area contributed by atoms with Crippen LogP contribution in [0.4, 0.5) is 13.2 Å². The third-order valence-electron chi connectivity index (χ3n) is 3.32. The summed E-state index contributed by atoms with van der Waals surface area (Å²) in [5.74, 6) is -0.478. The van der Waals surface area contributed by atoms with Crippen LogP contribution in [0.2, 0.25) is 11.8 Å². The second-order valence-corrected chi connectivity index (χ2v) is 5.35. The van der Waals surface area contributed by atoms with Crippen LogP contribution in [0, 0.1) is 6.92 Å². The molecule has 1 radical (unpaired) electrons. The third-order valence-corrected chi connectivity index (χ3v) is 3.56. The van der Waals surface area contributed by atoms with Gasteiger partial charge in [0.05, 0.1) is 5.56 Å². The molecule has 6 heteroatoms. The first-order valence-electron chi connectivity index (χ1n) is 6.55. The summed E-state index contributed by atoms with van der Waals surface area (Å²) in [7, 11) is 1.52. The quantitative estimate of drug-likeness (QED) is 0.609. The van der Waals surface area contributed by atoms with Gasteiger partial charge >= 0.3 is 6.18 Å². The molecule has 0 aliphatic rings. The van der Waals surface area contributed by atoms with E-state index >= 15 is 0 Å². The molecular weight excluding hydrogens is 311 g/mol. The Morgan fingerprint density at radius 3 is 2.41 bits per heavy atom. The van der Waals surface area contributed by atoms with Gasteiger partial charge in [0.2, 0.25) is 0 Å². The highest BCUT2D eigenvalue weighted by atomic mass is 35.5. The normalized spacial score (nSPS) is 11.4. The second kappa shape index (κ2) is 6.17. The molecule has 0 saturated heterocycles. The second-order valence-electron chi connectivity index (χ2n) is 4.92. The van der Waals surface area contributed by atoms with Crippen molar-refractivity contribution in [1.82, 2.24) is 0 Å². The van der Waals surface area contributed by atoms with E-state index in [1.165, 1.54) is 19.4 Å². The molecule has 0 amide bonds. The molecule has 0 unspecified atom stereocenters. The minimum Gasteiger partial charge on any atom is -0.289 e. The standard InChI is InChI=1S/C16H12BClF3O/c1-9-3-4-13(18)8-14(9)15(22)10-5-11(16(19,20)21)7-12(6-10)17-2/h3-8H,1-2H3. The monoisotopic (exact) mass is 323 g/mol. The number of aryl methyl sites for hydroxylation is 1. The van der Waals surface area contributed by atoms with E-state index in [1.807, 2.05) is 0 Å². The maximum atomic E-state index is 12.9. The van der Waals surface area contributed by atoms with Gasteiger partial charge in [0, 0.05) is 16.1 Å². The van der Waals surface area contributed by atoms with E-state index in [2.05, 4.69) is 0 Å². The summed E-state index contributed by atoms with van der Waals surface area (Å²) in [5, 5.41) is 0.364. The van der Waals surface area contributed by atoms with Crippen LogP contribution >= 0.6 is 11.6 Å². The maximum absolute atomic E-state index is 12.9. The molecule has 0 heterocycles. The van der Waals surface area contributed by atoms with Crippen LogP contribution in [0.5, 0.6) is 0 Å². The summed E-state index contributed by atoms with van der Waals surface area (Å²) >= 11 is 5.87. The molecule has 2 aromatic carbocycles. The Kier molecular flexibility index (Phi) is 4.66. The van der Waals surface area contributed by atoms with Crippen molar-refractivity contribution in [3.05, 3.63) is 63.7 Å². The van der Waals surface area contributed by atoms with Crippen LogP contribution < -0.4 is 5.46 Å². The van der Waals surface area contributed by atoms with Crippen molar-refractivity contribution in [2.75, 3.05) is 0 Å². The number of carbonyl (C=O) groups excluding carboxylic acids is 1. The fourth-order valence-corrected chi connectivity index (χ4v) is 2.28. The summed E-state index contributed by atoms with van der Waals surface area (Å²) in [6.45, 7) is 3.33. The summed E-state index contributed by atoms with van der Waals surface area (Å²) < 4.78 is 38.8. The van der Waals surface area contributed by atoms with Crippen LogP contribution in [0.3, 0.4) is 0 Å². The molecule has 0 fully saturated rings. The zero-order valence-electron chi connectivity index (χ0n) is 12.0. The average Bonchev–Trinajstić information content (AvgIpc) is 2.47. The van der Waals surface area contributed by atoms with E-state index in [4.69, 9.17) is 11.6 Å². The maximum Gasteiger partial charge on any atom is 0.416 e. The zero-order chi connectivity index (χ0) is 16.5. The van der Waals surface area contributed by atoms with Crippen LogP contribution in [0.25, 0.3) is 0 Å². The fourth-order valence-electron chi connectivity index (χ4n) is 2.11. The van der Waals surface area contributed by atoms with Gasteiger partial charge in [0.25, 0.3) is 0 Å². The molecule has 0 spiro atoms. The molecule has 0 aliphatic heterocycles. The number of ketones is 1. The minimum atomic E-state index is -4.50. The lowest BCUT2D eigenvalue weighted by molar-refractivity contribution is -0.137. The number of hydrogen-bond donors (Lipinski definition) is 0. The van der Waals surface area contributed by atoms with Gasteiger partial charge in [-0.3, -0.25) is 4.79 Å². The van der Waals surface area contributed by atoms with Crippen molar-refractivity contribution >= 4 is 30.1 Å². The summed E-state index contributed by atoms with van der Waals surface area (Å²) in [4.78, 5) is 12.5. The molecule has 2 rings (SSSR count). The van der Waals surface area contributed by atoms with Gasteiger partial charge in [-0.2, -0.15) is 13.2 Å². The van der Waals surface area contributed by atoms with Gasteiger partial charge in [-0.05, 0) is 30.7 Å². The van der Waals surface area contributed by atoms with Crippen molar-refractivity contribution in [1.29, 1.82) is 0 Å². The van der Waals surface area contributed by atoms with Gasteiger partial charge in [-0.25, -0.2) is 0 Å². The number of carbonyl (C=O) groups is 1. The highest BCUT2D eigenvalue weighted by molar-refractivity contribution is 6.52. The van der Waals surface area contributed by atoms with Gasteiger partial charge in [-0.1, -0.05) is 42.1 Å². The lowest BCUT2D eigenvalue weighted by atomic mass is 9.72. The van der Waals surface area contributed by atoms with E-state index < -0.39 is 17.5 Å². The first-order valence-corrected chi connectivity index (χ1v) is 6.92. The molecule has 2 aromatic rings.